The molecule has 0 radical (unpaired) electrons. The summed E-state index contributed by atoms with van der Waals surface area (Å²) in [4.78, 5) is 2.92. The molecule has 1 aromatic carbocycles. The minimum Gasteiger partial charge on any atom is -0.309 e. The van der Waals surface area contributed by atoms with Gasteiger partial charge in [0, 0.05) is 21.7 Å². The van der Waals surface area contributed by atoms with Crippen molar-refractivity contribution < 1.29 is 0 Å². The molecule has 3 rings (SSSR count). The highest BCUT2D eigenvalue weighted by molar-refractivity contribution is 7.12. The van der Waals surface area contributed by atoms with Gasteiger partial charge in [-0.15, -0.1) is 11.3 Å². The van der Waals surface area contributed by atoms with Crippen molar-refractivity contribution in [1.82, 2.24) is 5.32 Å². The van der Waals surface area contributed by atoms with E-state index in [1.54, 1.807) is 11.1 Å². The fraction of sp³-hybridized carbons (Fsp3) is 0.474. The van der Waals surface area contributed by atoms with Gasteiger partial charge in [0.05, 0.1) is 0 Å². The Bertz CT molecular complexity index is 587. The lowest BCUT2D eigenvalue weighted by Crippen LogP contribution is -2.29. The third-order valence-corrected chi connectivity index (χ3v) is 5.58. The van der Waals surface area contributed by atoms with Gasteiger partial charge in [-0.1, -0.05) is 31.2 Å². The van der Waals surface area contributed by atoms with Crippen LogP contribution >= 0.6 is 11.3 Å². The van der Waals surface area contributed by atoms with Gasteiger partial charge in [-0.3, -0.25) is 0 Å². The van der Waals surface area contributed by atoms with Gasteiger partial charge in [-0.25, -0.2) is 0 Å². The lowest BCUT2D eigenvalue weighted by molar-refractivity contribution is 0.406. The van der Waals surface area contributed by atoms with Crippen molar-refractivity contribution in [3.63, 3.8) is 0 Å². The summed E-state index contributed by atoms with van der Waals surface area (Å²) in [6.07, 6.45) is 5.05. The first kappa shape index (κ1) is 14.8. The number of benzene rings is 1. The van der Waals surface area contributed by atoms with Gasteiger partial charge in [0.15, 0.2) is 0 Å². The number of hydrogen-bond donors (Lipinski definition) is 1. The highest BCUT2D eigenvalue weighted by Crippen LogP contribution is 2.42. The predicted octanol–water partition coefficient (Wildman–Crippen LogP) is 5.22. The molecule has 0 amide bonds. The van der Waals surface area contributed by atoms with Crippen molar-refractivity contribution in [2.24, 2.45) is 0 Å². The second-order valence-electron chi connectivity index (χ2n) is 6.08. The van der Waals surface area contributed by atoms with Crippen molar-refractivity contribution in [3.8, 4) is 0 Å². The van der Waals surface area contributed by atoms with Crippen LogP contribution in [0.4, 0.5) is 0 Å². The largest absolute Gasteiger partial charge is 0.309 e. The molecular weight excluding hydrogens is 274 g/mol. The molecule has 1 nitrogen and oxygen atoms in total. The predicted molar refractivity (Wildman–Crippen MR) is 92.2 cm³/mol. The van der Waals surface area contributed by atoms with E-state index in [4.69, 9.17) is 0 Å². The standard InChI is InChI=1S/C19H25NS/c1-3-13-20-19(18-12-11-14(2)21-18)17-10-6-8-15-7-4-5-9-16(15)17/h4-5,7,9,11-12,17,19-20H,3,6,8,10,13H2,1-2H3. The number of nitrogens with one attached hydrogen (secondary N) is 1. The highest BCUT2D eigenvalue weighted by atomic mass is 32.1. The Balaban J connectivity index is 1.93. The van der Waals surface area contributed by atoms with Crippen LogP contribution in [0.25, 0.3) is 0 Å². The average molecular weight is 299 g/mol. The van der Waals surface area contributed by atoms with Crippen LogP contribution in [0.1, 0.15) is 59.0 Å². The molecule has 0 spiro atoms. The lowest BCUT2D eigenvalue weighted by Gasteiger charge is -2.32. The van der Waals surface area contributed by atoms with Crippen molar-refractivity contribution in [2.45, 2.75) is 51.5 Å². The molecule has 2 aromatic rings. The average Bonchev–Trinajstić information content (AvgIpc) is 2.94. The molecular formula is C19H25NS. The number of aryl methyl sites for hydroxylation is 2. The van der Waals surface area contributed by atoms with E-state index in [1.807, 2.05) is 11.3 Å². The highest BCUT2D eigenvalue weighted by Gasteiger charge is 2.29. The zero-order chi connectivity index (χ0) is 14.7. The van der Waals surface area contributed by atoms with Gasteiger partial charge in [-0.2, -0.15) is 0 Å². The summed E-state index contributed by atoms with van der Waals surface area (Å²) >= 11 is 1.95. The molecule has 0 bridgehead atoms. The Morgan fingerprint density at radius 2 is 2.10 bits per heavy atom. The Hall–Kier alpha value is -1.12. The van der Waals surface area contributed by atoms with Crippen LogP contribution < -0.4 is 5.32 Å². The van der Waals surface area contributed by atoms with Gasteiger partial charge < -0.3 is 5.32 Å². The van der Waals surface area contributed by atoms with Crippen molar-refractivity contribution in [3.05, 3.63) is 57.3 Å². The Morgan fingerprint density at radius 1 is 1.24 bits per heavy atom. The first-order valence-corrected chi connectivity index (χ1v) is 8.98. The number of fused-ring (bicyclic) bond motifs is 1. The van der Waals surface area contributed by atoms with Gasteiger partial charge >= 0.3 is 0 Å². The molecule has 1 aliphatic rings. The maximum Gasteiger partial charge on any atom is 0.0484 e. The molecule has 1 N–H and O–H groups in total. The summed E-state index contributed by atoms with van der Waals surface area (Å²) in [7, 11) is 0. The summed E-state index contributed by atoms with van der Waals surface area (Å²) in [5.41, 5.74) is 3.13. The van der Waals surface area contributed by atoms with Crippen LogP contribution in [0.2, 0.25) is 0 Å². The molecule has 1 heterocycles. The second kappa shape index (κ2) is 6.76. The van der Waals surface area contributed by atoms with E-state index in [1.165, 1.54) is 35.4 Å². The monoisotopic (exact) mass is 299 g/mol. The van der Waals surface area contributed by atoms with E-state index in [9.17, 15) is 0 Å². The van der Waals surface area contributed by atoms with Gasteiger partial charge in [0.2, 0.25) is 0 Å². The molecule has 112 valence electrons. The van der Waals surface area contributed by atoms with Gasteiger partial charge in [0.1, 0.15) is 0 Å². The first-order valence-electron chi connectivity index (χ1n) is 8.17. The summed E-state index contributed by atoms with van der Waals surface area (Å²) in [5, 5.41) is 3.82. The van der Waals surface area contributed by atoms with Gasteiger partial charge in [-0.05, 0) is 62.4 Å². The van der Waals surface area contributed by atoms with E-state index in [2.05, 4.69) is 55.6 Å². The number of hydrogen-bond acceptors (Lipinski definition) is 2. The quantitative estimate of drug-likeness (QED) is 0.798. The smallest absolute Gasteiger partial charge is 0.0484 e. The summed E-state index contributed by atoms with van der Waals surface area (Å²) in [6, 6.07) is 14.1. The van der Waals surface area contributed by atoms with E-state index in [0.717, 1.165) is 6.54 Å². The van der Waals surface area contributed by atoms with Crippen LogP contribution in [0.5, 0.6) is 0 Å². The van der Waals surface area contributed by atoms with Crippen molar-refractivity contribution >= 4 is 11.3 Å². The maximum absolute atomic E-state index is 3.82. The topological polar surface area (TPSA) is 12.0 Å². The van der Waals surface area contributed by atoms with Gasteiger partial charge in [0.25, 0.3) is 0 Å². The Morgan fingerprint density at radius 3 is 2.86 bits per heavy atom. The zero-order valence-corrected chi connectivity index (χ0v) is 13.9. The van der Waals surface area contributed by atoms with Crippen molar-refractivity contribution in [1.29, 1.82) is 0 Å². The van der Waals surface area contributed by atoms with Crippen molar-refractivity contribution in [2.75, 3.05) is 6.54 Å². The van der Waals surface area contributed by atoms with Crippen LogP contribution in [0.3, 0.4) is 0 Å². The fourth-order valence-corrected chi connectivity index (χ4v) is 4.52. The number of thiophene rings is 1. The third kappa shape index (κ3) is 3.22. The Labute approximate surface area is 132 Å². The van der Waals surface area contributed by atoms with E-state index in [0.29, 0.717) is 12.0 Å². The fourth-order valence-electron chi connectivity index (χ4n) is 3.50. The molecule has 2 heteroatoms. The maximum atomic E-state index is 3.82. The summed E-state index contributed by atoms with van der Waals surface area (Å²) < 4.78 is 0. The molecule has 0 saturated carbocycles. The molecule has 0 aliphatic heterocycles. The molecule has 2 atom stereocenters. The first-order chi connectivity index (χ1) is 10.3. The minimum atomic E-state index is 0.477. The molecule has 0 saturated heterocycles. The SMILES string of the molecule is CCCNC(c1ccc(C)s1)C1CCCc2ccccc21. The van der Waals surface area contributed by atoms with E-state index in [-0.39, 0.29) is 0 Å². The van der Waals surface area contributed by atoms with Crippen LogP contribution in [0.15, 0.2) is 36.4 Å². The van der Waals surface area contributed by atoms with Crippen LogP contribution in [-0.4, -0.2) is 6.54 Å². The normalized spacial score (nSPS) is 19.2. The van der Waals surface area contributed by atoms with Crippen LogP contribution in [-0.2, 0) is 6.42 Å². The molecule has 1 aromatic heterocycles. The summed E-state index contributed by atoms with van der Waals surface area (Å²) in [6.45, 7) is 5.55. The second-order valence-corrected chi connectivity index (χ2v) is 7.40. The Kier molecular flexibility index (Phi) is 4.77. The molecule has 1 aliphatic carbocycles. The summed E-state index contributed by atoms with van der Waals surface area (Å²) in [5.74, 6) is 0.625. The zero-order valence-electron chi connectivity index (χ0n) is 13.1. The van der Waals surface area contributed by atoms with E-state index >= 15 is 0 Å². The third-order valence-electron chi connectivity index (χ3n) is 4.50. The lowest BCUT2D eigenvalue weighted by atomic mass is 9.78. The van der Waals surface area contributed by atoms with E-state index < -0.39 is 0 Å². The molecule has 0 fully saturated rings. The molecule has 21 heavy (non-hydrogen) atoms. The minimum absolute atomic E-state index is 0.477. The van der Waals surface area contributed by atoms with Crippen LogP contribution in [0, 0.1) is 6.92 Å². The molecule has 2 unspecified atom stereocenters. The number of rotatable bonds is 5.